The van der Waals surface area contributed by atoms with Crippen LogP contribution in [0.2, 0.25) is 0 Å². The molecule has 2 fully saturated rings. The van der Waals surface area contributed by atoms with E-state index in [9.17, 15) is 0 Å². The van der Waals surface area contributed by atoms with Crippen LogP contribution >= 0.6 is 0 Å². The molecule has 0 spiro atoms. The topological polar surface area (TPSA) is 106 Å². The third-order valence-corrected chi connectivity index (χ3v) is 6.25. The van der Waals surface area contributed by atoms with Crippen LogP contribution in [0.25, 0.3) is 10.9 Å². The zero-order chi connectivity index (χ0) is 20.5. The number of nitrogens with one attached hydrogen (secondary N) is 3. The second kappa shape index (κ2) is 7.92. The largest absolute Gasteiger partial charge is 0.351 e. The van der Waals surface area contributed by atoms with E-state index < -0.39 is 0 Å². The number of aromatic amines is 1. The van der Waals surface area contributed by atoms with Crippen LogP contribution in [0.4, 0.5) is 17.6 Å². The molecule has 4 heterocycles. The summed E-state index contributed by atoms with van der Waals surface area (Å²) < 4.78 is 0. The van der Waals surface area contributed by atoms with Gasteiger partial charge in [-0.3, -0.25) is 10.00 Å². The van der Waals surface area contributed by atoms with Crippen LogP contribution in [-0.4, -0.2) is 49.7 Å². The number of nitrogens with zero attached hydrogens (tertiary/aromatic N) is 5. The summed E-state index contributed by atoms with van der Waals surface area (Å²) in [6.45, 7) is 2.86. The lowest BCUT2D eigenvalue weighted by atomic mass is 9.97. The number of H-pyrrole nitrogens is 1. The minimum atomic E-state index is 0.350. The zero-order valence-electron chi connectivity index (χ0n) is 17.1. The number of rotatable bonds is 6. The third-order valence-electron chi connectivity index (χ3n) is 6.25. The Kier molecular flexibility index (Phi) is 4.97. The first-order valence-corrected chi connectivity index (χ1v) is 10.6. The minimum absolute atomic E-state index is 0.350. The molecular formula is C22H26N8. The SMILES string of the molecule is Cc1cc(Nc2nc(N[C@@H]3C[C@H]4CC[C@@H](C3)N4CCC#N)nc3ccccc23)n[nH]1. The molecule has 30 heavy (non-hydrogen) atoms. The fraction of sp³-hybridized carbons (Fsp3) is 0.455. The summed E-state index contributed by atoms with van der Waals surface area (Å²) in [4.78, 5) is 12.1. The Balaban J connectivity index is 1.37. The molecule has 2 aliphatic rings. The number of anilines is 3. The van der Waals surface area contributed by atoms with Crippen molar-refractivity contribution >= 4 is 28.5 Å². The number of aryl methyl sites for hydroxylation is 1. The maximum absolute atomic E-state index is 8.94. The van der Waals surface area contributed by atoms with Crippen LogP contribution in [0, 0.1) is 18.3 Å². The Bertz CT molecular complexity index is 1070. The van der Waals surface area contributed by atoms with Crippen molar-refractivity contribution in [3.05, 3.63) is 36.0 Å². The highest BCUT2D eigenvalue weighted by Gasteiger charge is 2.40. The summed E-state index contributed by atoms with van der Waals surface area (Å²) >= 11 is 0. The molecule has 154 valence electrons. The van der Waals surface area contributed by atoms with Crippen LogP contribution in [0.5, 0.6) is 0 Å². The van der Waals surface area contributed by atoms with Crippen molar-refractivity contribution in [1.82, 2.24) is 25.1 Å². The summed E-state index contributed by atoms with van der Waals surface area (Å²) in [6.07, 6.45) is 5.19. The minimum Gasteiger partial charge on any atom is -0.351 e. The van der Waals surface area contributed by atoms with Gasteiger partial charge in [-0.2, -0.15) is 15.3 Å². The number of aromatic nitrogens is 4. The summed E-state index contributed by atoms with van der Waals surface area (Å²) in [7, 11) is 0. The van der Waals surface area contributed by atoms with Gasteiger partial charge in [0.15, 0.2) is 5.82 Å². The number of hydrogen-bond acceptors (Lipinski definition) is 7. The van der Waals surface area contributed by atoms with Crippen molar-refractivity contribution in [1.29, 1.82) is 5.26 Å². The van der Waals surface area contributed by atoms with E-state index >= 15 is 0 Å². The molecule has 0 unspecified atom stereocenters. The smallest absolute Gasteiger partial charge is 0.225 e. The Morgan fingerprint density at radius 2 is 2.00 bits per heavy atom. The molecule has 8 heteroatoms. The number of nitriles is 1. The highest BCUT2D eigenvalue weighted by atomic mass is 15.3. The maximum Gasteiger partial charge on any atom is 0.225 e. The molecule has 3 atom stereocenters. The second-order valence-electron chi connectivity index (χ2n) is 8.32. The van der Waals surface area contributed by atoms with Gasteiger partial charge < -0.3 is 10.6 Å². The van der Waals surface area contributed by atoms with E-state index in [0.717, 1.165) is 47.6 Å². The molecule has 2 bridgehead atoms. The molecule has 2 aromatic heterocycles. The van der Waals surface area contributed by atoms with E-state index in [1.54, 1.807) is 0 Å². The maximum atomic E-state index is 8.94. The van der Waals surface area contributed by atoms with Crippen LogP contribution < -0.4 is 10.6 Å². The molecule has 2 aliphatic heterocycles. The monoisotopic (exact) mass is 402 g/mol. The van der Waals surface area contributed by atoms with Crippen molar-refractivity contribution in [3.8, 4) is 6.07 Å². The zero-order valence-corrected chi connectivity index (χ0v) is 17.1. The molecule has 1 aromatic carbocycles. The molecule has 0 radical (unpaired) electrons. The molecular weight excluding hydrogens is 376 g/mol. The van der Waals surface area contributed by atoms with Gasteiger partial charge in [0.25, 0.3) is 0 Å². The summed E-state index contributed by atoms with van der Waals surface area (Å²) in [5.41, 5.74) is 1.90. The first kappa shape index (κ1) is 18.8. The van der Waals surface area contributed by atoms with Crippen LogP contribution in [0.3, 0.4) is 0 Å². The van der Waals surface area contributed by atoms with Gasteiger partial charge in [0.05, 0.1) is 11.6 Å². The highest BCUT2D eigenvalue weighted by Crippen LogP contribution is 2.37. The van der Waals surface area contributed by atoms with Crippen molar-refractivity contribution in [2.75, 3.05) is 17.2 Å². The standard InChI is InChI=1S/C22H26N8/c1-14-11-20(29-28-14)26-21-18-5-2-3-6-19(18)25-22(27-21)24-15-12-16-7-8-17(13-15)30(16)10-4-9-23/h2-3,5-6,11,15-17H,4,7-8,10,12-13H2,1H3,(H3,24,25,26,27,28,29)/t15-,16-,17+. The lowest BCUT2D eigenvalue weighted by Crippen LogP contribution is -2.47. The number of fused-ring (bicyclic) bond motifs is 3. The van der Waals surface area contributed by atoms with E-state index in [0.29, 0.717) is 30.5 Å². The predicted molar refractivity (Wildman–Crippen MR) is 117 cm³/mol. The van der Waals surface area contributed by atoms with Crippen LogP contribution in [0.15, 0.2) is 30.3 Å². The lowest BCUT2D eigenvalue weighted by molar-refractivity contribution is 0.135. The Labute approximate surface area is 175 Å². The fourth-order valence-corrected chi connectivity index (χ4v) is 4.96. The van der Waals surface area contributed by atoms with Gasteiger partial charge in [-0.25, -0.2) is 4.98 Å². The van der Waals surface area contributed by atoms with Gasteiger partial charge in [0.2, 0.25) is 5.95 Å². The van der Waals surface area contributed by atoms with E-state index in [1.165, 1.54) is 12.8 Å². The van der Waals surface area contributed by atoms with Gasteiger partial charge in [0, 0.05) is 48.2 Å². The van der Waals surface area contributed by atoms with Gasteiger partial charge in [-0.1, -0.05) is 12.1 Å². The van der Waals surface area contributed by atoms with Gasteiger partial charge >= 0.3 is 0 Å². The molecule has 5 rings (SSSR count). The molecule has 3 N–H and O–H groups in total. The highest BCUT2D eigenvalue weighted by molar-refractivity contribution is 5.91. The first-order chi connectivity index (χ1) is 14.7. The summed E-state index contributed by atoms with van der Waals surface area (Å²) in [5.74, 6) is 2.15. The molecule has 0 aliphatic carbocycles. The Morgan fingerprint density at radius 3 is 2.73 bits per heavy atom. The van der Waals surface area contributed by atoms with E-state index in [4.69, 9.17) is 15.2 Å². The van der Waals surface area contributed by atoms with Crippen LogP contribution in [-0.2, 0) is 0 Å². The van der Waals surface area contributed by atoms with E-state index in [2.05, 4.69) is 31.8 Å². The number of para-hydroxylation sites is 1. The van der Waals surface area contributed by atoms with Gasteiger partial charge in [-0.05, 0) is 44.7 Å². The number of hydrogen-bond donors (Lipinski definition) is 3. The quantitative estimate of drug-likeness (QED) is 0.577. The molecule has 2 saturated heterocycles. The van der Waals surface area contributed by atoms with Gasteiger partial charge in [-0.15, -0.1) is 0 Å². The summed E-state index contributed by atoms with van der Waals surface area (Å²) in [5, 5.41) is 24.1. The van der Waals surface area contributed by atoms with E-state index in [-0.39, 0.29) is 0 Å². The Hall–Kier alpha value is -3.18. The fourth-order valence-electron chi connectivity index (χ4n) is 4.96. The molecule has 8 nitrogen and oxygen atoms in total. The lowest BCUT2D eigenvalue weighted by Gasteiger charge is -2.38. The van der Waals surface area contributed by atoms with Crippen LogP contribution in [0.1, 0.15) is 37.8 Å². The Morgan fingerprint density at radius 1 is 1.20 bits per heavy atom. The van der Waals surface area contributed by atoms with Crippen molar-refractivity contribution in [2.24, 2.45) is 0 Å². The first-order valence-electron chi connectivity index (χ1n) is 10.6. The van der Waals surface area contributed by atoms with Crippen molar-refractivity contribution in [3.63, 3.8) is 0 Å². The molecule has 0 amide bonds. The average molecular weight is 403 g/mol. The normalized spacial score (nSPS) is 23.4. The van der Waals surface area contributed by atoms with Crippen molar-refractivity contribution in [2.45, 2.75) is 57.2 Å². The van der Waals surface area contributed by atoms with E-state index in [1.807, 2.05) is 37.3 Å². The molecule has 0 saturated carbocycles. The summed E-state index contributed by atoms with van der Waals surface area (Å²) in [6, 6.07) is 13.7. The van der Waals surface area contributed by atoms with Gasteiger partial charge in [0.1, 0.15) is 5.82 Å². The predicted octanol–water partition coefficient (Wildman–Crippen LogP) is 3.73. The number of benzene rings is 1. The number of piperidine rings is 1. The second-order valence-corrected chi connectivity index (χ2v) is 8.32. The molecule has 3 aromatic rings. The third kappa shape index (κ3) is 3.68. The average Bonchev–Trinajstić information content (AvgIpc) is 3.25. The van der Waals surface area contributed by atoms with Crippen molar-refractivity contribution < 1.29 is 0 Å².